The van der Waals surface area contributed by atoms with Crippen molar-refractivity contribution in [2.24, 2.45) is 0 Å². The molecule has 2 heterocycles. The van der Waals surface area contributed by atoms with Crippen molar-refractivity contribution in [3.63, 3.8) is 0 Å². The highest BCUT2D eigenvalue weighted by Crippen LogP contribution is 2.35. The number of aromatic nitrogens is 2. The van der Waals surface area contributed by atoms with E-state index in [1.54, 1.807) is 31.4 Å². The number of phenols is 1. The van der Waals surface area contributed by atoms with E-state index in [1.165, 1.54) is 66.5 Å². The lowest BCUT2D eigenvalue weighted by Gasteiger charge is -2.22. The van der Waals surface area contributed by atoms with Gasteiger partial charge in [-0.3, -0.25) is 9.36 Å². The number of hydrogen-bond acceptors (Lipinski definition) is 8. The lowest BCUT2D eigenvalue weighted by atomic mass is 10.2. The van der Waals surface area contributed by atoms with Crippen molar-refractivity contribution < 1.29 is 27.5 Å². The summed E-state index contributed by atoms with van der Waals surface area (Å²) in [6.45, 7) is -0.0143. The van der Waals surface area contributed by atoms with Gasteiger partial charge in [0, 0.05) is 23.6 Å². The van der Waals surface area contributed by atoms with Gasteiger partial charge in [-0.05, 0) is 48.0 Å². The number of benzene rings is 3. The molecule has 10 nitrogen and oxygen atoms in total. The van der Waals surface area contributed by atoms with Gasteiger partial charge in [0.2, 0.25) is 0 Å². The van der Waals surface area contributed by atoms with Crippen LogP contribution in [0, 0.1) is 0 Å². The molecule has 0 saturated heterocycles. The Morgan fingerprint density at radius 1 is 1.00 bits per heavy atom. The second kappa shape index (κ2) is 10.4. The van der Waals surface area contributed by atoms with Crippen molar-refractivity contribution in [1.82, 2.24) is 9.72 Å². The summed E-state index contributed by atoms with van der Waals surface area (Å²) < 4.78 is 45.7. The minimum Gasteiger partial charge on any atom is -0.506 e. The van der Waals surface area contributed by atoms with Gasteiger partial charge in [-0.2, -0.15) is 0 Å². The predicted molar refractivity (Wildman–Crippen MR) is 146 cm³/mol. The maximum absolute atomic E-state index is 13.9. The highest BCUT2D eigenvalue weighted by Gasteiger charge is 2.28. The topological polar surface area (TPSA) is 124 Å². The second-order valence-electron chi connectivity index (χ2n) is 8.42. The Labute approximate surface area is 228 Å². The molecule has 1 N–H and O–H groups in total. The maximum Gasteiger partial charge on any atom is 0.265 e. The molecule has 200 valence electrons. The Morgan fingerprint density at radius 3 is 2.44 bits per heavy atom. The van der Waals surface area contributed by atoms with Crippen molar-refractivity contribution in [3.8, 4) is 22.9 Å². The number of phenolic OH excluding ortho intramolecular Hbond substituents is 1. The molecule has 0 unspecified atom stereocenters. The highest BCUT2D eigenvalue weighted by molar-refractivity contribution is 7.92. The van der Waals surface area contributed by atoms with Gasteiger partial charge in [0.1, 0.15) is 23.5 Å². The van der Waals surface area contributed by atoms with E-state index in [-0.39, 0.29) is 39.5 Å². The van der Waals surface area contributed by atoms with E-state index in [9.17, 15) is 18.3 Å². The summed E-state index contributed by atoms with van der Waals surface area (Å²) in [6.07, 6.45) is 1.29. The molecule has 0 atom stereocenters. The SMILES string of the molecule is COc1ccc(CN(c2ccon2)S(=O)(=O)c2ccc3c(ccc(=O)n3-c3cc(Cl)c(O)cc3OC)c2)cc1. The van der Waals surface area contributed by atoms with Gasteiger partial charge in [-0.25, -0.2) is 12.7 Å². The fourth-order valence-electron chi connectivity index (χ4n) is 4.15. The Balaban J connectivity index is 1.62. The minimum atomic E-state index is -4.13. The lowest BCUT2D eigenvalue weighted by Crippen LogP contribution is -2.31. The maximum atomic E-state index is 13.9. The quantitative estimate of drug-likeness (QED) is 0.285. The Kier molecular flexibility index (Phi) is 6.94. The summed E-state index contributed by atoms with van der Waals surface area (Å²) in [7, 11) is -1.18. The first kappa shape index (κ1) is 26.1. The number of halogens is 1. The zero-order chi connectivity index (χ0) is 27.7. The summed E-state index contributed by atoms with van der Waals surface area (Å²) in [4.78, 5) is 12.9. The number of ether oxygens (including phenoxy) is 2. The van der Waals surface area contributed by atoms with Crippen molar-refractivity contribution in [3.05, 3.63) is 100.0 Å². The average Bonchev–Trinajstić information content (AvgIpc) is 3.47. The van der Waals surface area contributed by atoms with Crippen LogP contribution < -0.4 is 19.3 Å². The molecule has 0 bridgehead atoms. The molecular weight excluding hydrogens is 546 g/mol. The van der Waals surface area contributed by atoms with Crippen molar-refractivity contribution in [2.75, 3.05) is 18.5 Å². The minimum absolute atomic E-state index is 0.0143. The van der Waals surface area contributed by atoms with Crippen LogP contribution in [0.3, 0.4) is 0 Å². The van der Waals surface area contributed by atoms with Gasteiger partial charge in [0.25, 0.3) is 15.6 Å². The second-order valence-corrected chi connectivity index (χ2v) is 10.7. The van der Waals surface area contributed by atoms with E-state index in [4.69, 9.17) is 25.6 Å². The molecule has 0 amide bonds. The number of methoxy groups -OCH3 is 2. The van der Waals surface area contributed by atoms with E-state index in [1.807, 2.05) is 0 Å². The fourth-order valence-corrected chi connectivity index (χ4v) is 5.74. The third kappa shape index (κ3) is 4.89. The van der Waals surface area contributed by atoms with Crippen LogP contribution in [0.2, 0.25) is 5.02 Å². The van der Waals surface area contributed by atoms with E-state index < -0.39 is 15.6 Å². The molecule has 0 aliphatic heterocycles. The first-order valence-electron chi connectivity index (χ1n) is 11.5. The summed E-state index contributed by atoms with van der Waals surface area (Å²) >= 11 is 6.12. The number of rotatable bonds is 8. The molecule has 12 heteroatoms. The van der Waals surface area contributed by atoms with Crippen molar-refractivity contribution in [1.29, 1.82) is 0 Å². The molecule has 0 fully saturated rings. The zero-order valence-electron chi connectivity index (χ0n) is 20.7. The molecule has 39 heavy (non-hydrogen) atoms. The molecule has 0 saturated carbocycles. The molecule has 2 aromatic heterocycles. The molecule has 3 aromatic carbocycles. The van der Waals surface area contributed by atoms with E-state index in [0.29, 0.717) is 22.2 Å². The Bertz CT molecular complexity index is 1820. The number of nitrogens with zero attached hydrogens (tertiary/aromatic N) is 3. The molecule has 0 radical (unpaired) electrons. The third-order valence-corrected chi connectivity index (χ3v) is 8.16. The van der Waals surface area contributed by atoms with Crippen LogP contribution in [0.25, 0.3) is 16.6 Å². The fraction of sp³-hybridized carbons (Fsp3) is 0.111. The van der Waals surface area contributed by atoms with Crippen LogP contribution in [-0.2, 0) is 16.6 Å². The summed E-state index contributed by atoms with van der Waals surface area (Å²) in [5, 5.41) is 14.3. The number of anilines is 1. The predicted octanol–water partition coefficient (Wildman–Crippen LogP) is 4.75. The number of hydrogen-bond donors (Lipinski definition) is 1. The van der Waals surface area contributed by atoms with Crippen LogP contribution in [0.1, 0.15) is 5.56 Å². The lowest BCUT2D eigenvalue weighted by molar-refractivity contribution is 0.406. The van der Waals surface area contributed by atoms with Gasteiger partial charge >= 0.3 is 0 Å². The highest BCUT2D eigenvalue weighted by atomic mass is 35.5. The number of sulfonamides is 1. The van der Waals surface area contributed by atoms with E-state index in [0.717, 1.165) is 4.31 Å². The summed E-state index contributed by atoms with van der Waals surface area (Å²) in [6, 6.07) is 18.4. The van der Waals surface area contributed by atoms with Gasteiger partial charge in [-0.1, -0.05) is 28.9 Å². The summed E-state index contributed by atoms with van der Waals surface area (Å²) in [5.74, 6) is 0.754. The smallest absolute Gasteiger partial charge is 0.265 e. The van der Waals surface area contributed by atoms with Gasteiger partial charge < -0.3 is 19.1 Å². The normalized spacial score (nSPS) is 11.5. The van der Waals surface area contributed by atoms with Crippen LogP contribution >= 0.6 is 11.6 Å². The third-order valence-electron chi connectivity index (χ3n) is 6.11. The van der Waals surface area contributed by atoms with Gasteiger partial charge in [0.05, 0.1) is 41.9 Å². The first-order chi connectivity index (χ1) is 18.7. The van der Waals surface area contributed by atoms with E-state index >= 15 is 0 Å². The molecular formula is C27H22ClN3O7S. The molecule has 0 aliphatic carbocycles. The monoisotopic (exact) mass is 567 g/mol. The zero-order valence-corrected chi connectivity index (χ0v) is 22.3. The number of fused-ring (bicyclic) bond motifs is 1. The number of pyridine rings is 1. The standard InChI is InChI=1S/C27H22ClN3O7S/c1-36-19-6-3-17(4-7-19)16-30(26-11-12-38-29-26)39(34,35)20-8-9-22-18(13-20)5-10-27(33)31(22)23-14-21(28)24(32)15-25(23)37-2/h3-15,32H,16H2,1-2H3. The summed E-state index contributed by atoms with van der Waals surface area (Å²) in [5.41, 5.74) is 0.995. The van der Waals surface area contributed by atoms with Crippen molar-refractivity contribution >= 4 is 38.3 Å². The molecule has 0 aliphatic rings. The Morgan fingerprint density at radius 2 is 1.77 bits per heavy atom. The van der Waals surface area contributed by atoms with Crippen LogP contribution in [0.15, 0.2) is 93.3 Å². The number of aromatic hydroxyl groups is 1. The van der Waals surface area contributed by atoms with Crippen molar-refractivity contribution in [2.45, 2.75) is 11.4 Å². The van der Waals surface area contributed by atoms with Gasteiger partial charge in [-0.15, -0.1) is 0 Å². The van der Waals surface area contributed by atoms with E-state index in [2.05, 4.69) is 5.16 Å². The average molecular weight is 568 g/mol. The Hall–Kier alpha value is -4.48. The van der Waals surface area contributed by atoms with Crippen LogP contribution in [0.5, 0.6) is 17.2 Å². The van der Waals surface area contributed by atoms with Gasteiger partial charge in [0.15, 0.2) is 5.82 Å². The first-order valence-corrected chi connectivity index (χ1v) is 13.3. The molecule has 5 aromatic rings. The van der Waals surface area contributed by atoms with Crippen LogP contribution in [-0.4, -0.2) is 37.5 Å². The largest absolute Gasteiger partial charge is 0.506 e. The molecule has 5 rings (SSSR count). The van der Waals surface area contributed by atoms with Crippen LogP contribution in [0.4, 0.5) is 5.82 Å². The molecule has 0 spiro atoms.